The van der Waals surface area contributed by atoms with Gasteiger partial charge in [-0.2, -0.15) is 0 Å². The van der Waals surface area contributed by atoms with Gasteiger partial charge in [-0.05, 0) is 37.5 Å². The molecule has 2 aromatic rings. The van der Waals surface area contributed by atoms with Crippen molar-refractivity contribution in [1.82, 2.24) is 9.88 Å². The summed E-state index contributed by atoms with van der Waals surface area (Å²) in [7, 11) is 1.39. The predicted molar refractivity (Wildman–Crippen MR) is 106 cm³/mol. The standard InChI is InChI=1S/C20H23N3O4S/c1-12-3-4-15-16(9-12)28-20(21-15)23-11-14(10-17(23)24)18(25)22-7-5-13(6-8-22)19(26)27-2/h3-4,9,13-14H,5-8,10-11H2,1-2H3. The van der Waals surface area contributed by atoms with Crippen molar-refractivity contribution in [3.8, 4) is 0 Å². The molecule has 7 nitrogen and oxygen atoms in total. The molecule has 1 aromatic heterocycles. The highest BCUT2D eigenvalue weighted by atomic mass is 32.1. The van der Waals surface area contributed by atoms with Crippen molar-refractivity contribution in [3.05, 3.63) is 23.8 Å². The lowest BCUT2D eigenvalue weighted by atomic mass is 9.95. The van der Waals surface area contributed by atoms with E-state index in [2.05, 4.69) is 11.1 Å². The van der Waals surface area contributed by atoms with Gasteiger partial charge in [0, 0.05) is 26.1 Å². The van der Waals surface area contributed by atoms with Gasteiger partial charge in [0.1, 0.15) is 0 Å². The minimum absolute atomic E-state index is 0.00359. The molecule has 2 saturated heterocycles. The summed E-state index contributed by atoms with van der Waals surface area (Å²) in [4.78, 5) is 45.1. The number of thiazole rings is 1. The SMILES string of the molecule is COC(=O)C1CCN(C(=O)C2CC(=O)N(c3nc4ccc(C)cc4s3)C2)CC1. The average molecular weight is 401 g/mol. The van der Waals surface area contributed by atoms with Crippen molar-refractivity contribution < 1.29 is 19.1 Å². The normalized spacial score (nSPS) is 20.8. The molecule has 0 aliphatic carbocycles. The van der Waals surface area contributed by atoms with Crippen molar-refractivity contribution in [2.75, 3.05) is 31.6 Å². The summed E-state index contributed by atoms with van der Waals surface area (Å²) in [6.45, 7) is 3.46. The fraction of sp³-hybridized carbons (Fsp3) is 0.500. The van der Waals surface area contributed by atoms with E-state index in [1.807, 2.05) is 19.1 Å². The van der Waals surface area contributed by atoms with Gasteiger partial charge >= 0.3 is 5.97 Å². The molecule has 4 rings (SSSR count). The molecule has 0 radical (unpaired) electrons. The number of amides is 2. The number of hydrogen-bond acceptors (Lipinski definition) is 6. The second-order valence-corrected chi connectivity index (χ2v) is 8.50. The highest BCUT2D eigenvalue weighted by molar-refractivity contribution is 7.22. The van der Waals surface area contributed by atoms with Crippen LogP contribution in [0.2, 0.25) is 0 Å². The van der Waals surface area contributed by atoms with Crippen LogP contribution in [0.25, 0.3) is 10.2 Å². The third kappa shape index (κ3) is 3.48. The lowest BCUT2D eigenvalue weighted by Crippen LogP contribution is -2.43. The molecule has 2 aliphatic rings. The Balaban J connectivity index is 1.42. The first-order valence-electron chi connectivity index (χ1n) is 9.50. The van der Waals surface area contributed by atoms with E-state index in [0.717, 1.165) is 15.8 Å². The summed E-state index contributed by atoms with van der Waals surface area (Å²) in [5.41, 5.74) is 2.02. The first-order chi connectivity index (χ1) is 13.5. The van der Waals surface area contributed by atoms with Crippen LogP contribution in [0.5, 0.6) is 0 Å². The molecule has 2 amide bonds. The van der Waals surface area contributed by atoms with E-state index in [1.165, 1.54) is 18.4 Å². The molecule has 0 bridgehead atoms. The van der Waals surface area contributed by atoms with Crippen LogP contribution in [0.4, 0.5) is 5.13 Å². The van der Waals surface area contributed by atoms with E-state index < -0.39 is 0 Å². The Kier molecular flexibility index (Phi) is 5.05. The van der Waals surface area contributed by atoms with Gasteiger partial charge in [-0.25, -0.2) is 4.98 Å². The van der Waals surface area contributed by atoms with E-state index >= 15 is 0 Å². The molecular formula is C20H23N3O4S. The number of benzene rings is 1. The van der Waals surface area contributed by atoms with Gasteiger partial charge in [0.25, 0.3) is 0 Å². The Morgan fingerprint density at radius 1 is 1.21 bits per heavy atom. The van der Waals surface area contributed by atoms with E-state index in [9.17, 15) is 14.4 Å². The summed E-state index contributed by atoms with van der Waals surface area (Å²) < 4.78 is 5.84. The van der Waals surface area contributed by atoms with Crippen molar-refractivity contribution >= 4 is 44.5 Å². The number of methoxy groups -OCH3 is 1. The monoisotopic (exact) mass is 401 g/mol. The molecule has 8 heteroatoms. The highest BCUT2D eigenvalue weighted by Gasteiger charge is 2.39. The van der Waals surface area contributed by atoms with Gasteiger partial charge in [-0.1, -0.05) is 17.4 Å². The van der Waals surface area contributed by atoms with Gasteiger partial charge in [0.15, 0.2) is 5.13 Å². The number of aryl methyl sites for hydroxylation is 1. The summed E-state index contributed by atoms with van der Waals surface area (Å²) in [6.07, 6.45) is 1.44. The van der Waals surface area contributed by atoms with E-state index in [4.69, 9.17) is 4.74 Å². The molecule has 3 heterocycles. The molecular weight excluding hydrogens is 378 g/mol. The van der Waals surface area contributed by atoms with Gasteiger partial charge in [-0.3, -0.25) is 19.3 Å². The van der Waals surface area contributed by atoms with Crippen LogP contribution in [-0.4, -0.2) is 54.4 Å². The van der Waals surface area contributed by atoms with Crippen molar-refractivity contribution in [3.63, 3.8) is 0 Å². The average Bonchev–Trinajstić information content (AvgIpc) is 3.29. The number of nitrogens with zero attached hydrogens (tertiary/aromatic N) is 3. The molecule has 148 valence electrons. The van der Waals surface area contributed by atoms with Crippen LogP contribution in [0.15, 0.2) is 18.2 Å². The highest BCUT2D eigenvalue weighted by Crippen LogP contribution is 2.34. The maximum absolute atomic E-state index is 12.9. The Bertz CT molecular complexity index is 933. The van der Waals surface area contributed by atoms with Crippen molar-refractivity contribution in [2.24, 2.45) is 11.8 Å². The lowest BCUT2D eigenvalue weighted by Gasteiger charge is -2.32. The van der Waals surface area contributed by atoms with Gasteiger partial charge < -0.3 is 9.64 Å². The molecule has 0 spiro atoms. The van der Waals surface area contributed by atoms with Crippen molar-refractivity contribution in [2.45, 2.75) is 26.2 Å². The number of ether oxygens (including phenoxy) is 1. The zero-order valence-corrected chi connectivity index (χ0v) is 16.8. The minimum Gasteiger partial charge on any atom is -0.469 e. The maximum Gasteiger partial charge on any atom is 0.308 e. The van der Waals surface area contributed by atoms with E-state index in [1.54, 1.807) is 9.80 Å². The Hall–Kier alpha value is -2.48. The van der Waals surface area contributed by atoms with Crippen LogP contribution in [0.3, 0.4) is 0 Å². The first kappa shape index (κ1) is 18.9. The fourth-order valence-electron chi connectivity index (χ4n) is 3.95. The van der Waals surface area contributed by atoms with Crippen LogP contribution in [0.1, 0.15) is 24.8 Å². The topological polar surface area (TPSA) is 79.8 Å². The Morgan fingerprint density at radius 2 is 1.96 bits per heavy atom. The maximum atomic E-state index is 12.9. The molecule has 0 N–H and O–H groups in total. The van der Waals surface area contributed by atoms with Crippen molar-refractivity contribution in [1.29, 1.82) is 0 Å². The Morgan fingerprint density at radius 3 is 2.68 bits per heavy atom. The second-order valence-electron chi connectivity index (χ2n) is 7.50. The number of esters is 1. The summed E-state index contributed by atoms with van der Waals surface area (Å²) in [5, 5.41) is 0.658. The first-order valence-corrected chi connectivity index (χ1v) is 10.3. The number of carbonyl (C=O) groups is 3. The number of rotatable bonds is 3. The quantitative estimate of drug-likeness (QED) is 0.738. The Labute approximate surface area is 167 Å². The molecule has 28 heavy (non-hydrogen) atoms. The fourth-order valence-corrected chi connectivity index (χ4v) is 5.04. The second kappa shape index (κ2) is 7.50. The minimum atomic E-state index is -0.351. The summed E-state index contributed by atoms with van der Waals surface area (Å²) in [5.74, 6) is -0.757. The van der Waals surface area contributed by atoms with Gasteiger partial charge in [-0.15, -0.1) is 0 Å². The van der Waals surface area contributed by atoms with Crippen LogP contribution in [-0.2, 0) is 19.1 Å². The number of piperidine rings is 1. The number of likely N-dealkylation sites (tertiary alicyclic amines) is 1. The molecule has 1 aromatic carbocycles. The zero-order chi connectivity index (χ0) is 19.8. The van der Waals surface area contributed by atoms with Gasteiger partial charge in [0.2, 0.25) is 11.8 Å². The number of aromatic nitrogens is 1. The van der Waals surface area contributed by atoms with Crippen LogP contribution >= 0.6 is 11.3 Å². The lowest BCUT2D eigenvalue weighted by molar-refractivity contribution is -0.149. The molecule has 2 fully saturated rings. The number of fused-ring (bicyclic) bond motifs is 1. The molecule has 2 aliphatic heterocycles. The summed E-state index contributed by atoms with van der Waals surface area (Å²) in [6, 6.07) is 6.02. The zero-order valence-electron chi connectivity index (χ0n) is 16.0. The van der Waals surface area contributed by atoms with Crippen LogP contribution in [0, 0.1) is 18.8 Å². The van der Waals surface area contributed by atoms with Gasteiger partial charge in [0.05, 0.1) is 29.2 Å². The van der Waals surface area contributed by atoms with E-state index in [0.29, 0.717) is 37.6 Å². The number of anilines is 1. The molecule has 1 atom stereocenters. The third-order valence-electron chi connectivity index (χ3n) is 5.58. The van der Waals surface area contributed by atoms with E-state index in [-0.39, 0.29) is 36.0 Å². The predicted octanol–water partition coefficient (Wildman–Crippen LogP) is 2.37. The number of hydrogen-bond donors (Lipinski definition) is 0. The summed E-state index contributed by atoms with van der Waals surface area (Å²) >= 11 is 1.49. The van der Waals surface area contributed by atoms with Crippen LogP contribution < -0.4 is 4.90 Å². The molecule has 0 saturated carbocycles. The smallest absolute Gasteiger partial charge is 0.308 e. The molecule has 1 unspecified atom stereocenters. The number of carbonyl (C=O) groups excluding carboxylic acids is 3. The third-order valence-corrected chi connectivity index (χ3v) is 6.62. The largest absolute Gasteiger partial charge is 0.469 e.